The summed E-state index contributed by atoms with van der Waals surface area (Å²) in [5, 5.41) is 8.54. The molecule has 0 radical (unpaired) electrons. The first-order chi connectivity index (χ1) is 12.9. The van der Waals surface area contributed by atoms with Gasteiger partial charge in [-0.25, -0.2) is 12.8 Å². The van der Waals surface area contributed by atoms with Crippen molar-refractivity contribution in [1.82, 2.24) is 0 Å². The largest absolute Gasteiger partial charge is 0.457 e. The fourth-order valence-electron chi connectivity index (χ4n) is 3.53. The number of nitrogens with zero attached hydrogens (tertiary/aromatic N) is 1. The summed E-state index contributed by atoms with van der Waals surface area (Å²) in [5.74, 6) is -0.383. The van der Waals surface area contributed by atoms with E-state index in [9.17, 15) is 17.6 Å². The molecule has 0 atom stereocenters. The summed E-state index contributed by atoms with van der Waals surface area (Å²) in [4.78, 5) is 12.5. The Morgan fingerprint density at radius 1 is 1.15 bits per heavy atom. The average molecular weight is 385 g/mol. The van der Waals surface area contributed by atoms with Gasteiger partial charge in [0.25, 0.3) is 0 Å². The van der Waals surface area contributed by atoms with Crippen molar-refractivity contribution in [2.45, 2.75) is 42.2 Å². The average Bonchev–Trinajstić information content (AvgIpc) is 2.95. The molecule has 1 fully saturated rings. The maximum Gasteiger partial charge on any atom is 0.181 e. The fraction of sp³-hybridized carbons (Fsp3) is 0.300. The van der Waals surface area contributed by atoms with Crippen LogP contribution in [0.15, 0.2) is 35.2 Å². The van der Waals surface area contributed by atoms with Crippen molar-refractivity contribution in [1.29, 1.82) is 5.26 Å². The Morgan fingerprint density at radius 3 is 2.59 bits per heavy atom. The Kier molecular flexibility index (Phi) is 4.23. The molecule has 7 heteroatoms. The maximum absolute atomic E-state index is 13.6. The van der Waals surface area contributed by atoms with Gasteiger partial charge in [-0.3, -0.25) is 4.79 Å². The van der Waals surface area contributed by atoms with Gasteiger partial charge in [0.15, 0.2) is 15.6 Å². The molecular weight excluding hydrogens is 369 g/mol. The summed E-state index contributed by atoms with van der Waals surface area (Å²) in [6.45, 7) is 0. The molecule has 2 aliphatic carbocycles. The number of sulfone groups is 1. The van der Waals surface area contributed by atoms with Gasteiger partial charge in [-0.05, 0) is 43.5 Å². The third-order valence-corrected chi connectivity index (χ3v) is 7.44. The van der Waals surface area contributed by atoms with Gasteiger partial charge >= 0.3 is 0 Å². The quantitative estimate of drug-likeness (QED) is 0.796. The molecule has 0 bridgehead atoms. The lowest BCUT2D eigenvalue weighted by Crippen LogP contribution is -2.29. The number of benzene rings is 2. The highest BCUT2D eigenvalue weighted by Crippen LogP contribution is 2.41. The molecule has 0 heterocycles. The summed E-state index contributed by atoms with van der Waals surface area (Å²) in [6.07, 6.45) is 2.70. The number of ether oxygens (including phenoxy) is 1. The highest BCUT2D eigenvalue weighted by atomic mass is 32.2. The number of Topliss-reactive ketones (excluding diaryl/α,β-unsaturated/α-hetero) is 1. The van der Waals surface area contributed by atoms with Crippen molar-refractivity contribution >= 4 is 15.6 Å². The van der Waals surface area contributed by atoms with E-state index in [1.54, 1.807) is 0 Å². The predicted molar refractivity (Wildman–Crippen MR) is 95.1 cm³/mol. The standard InChI is InChI=1S/C20H16FNO4S/c21-13-8-12(11-22)9-14(10-13)26-18-6-7-19(20-16(18)4-5-17(20)23)27(24,25)15-2-1-3-15/h6-10,15H,1-5H2. The van der Waals surface area contributed by atoms with Crippen LogP contribution >= 0.6 is 0 Å². The van der Waals surface area contributed by atoms with Gasteiger partial charge in [0.1, 0.15) is 17.3 Å². The molecule has 2 aliphatic rings. The number of hydrogen-bond acceptors (Lipinski definition) is 5. The molecule has 0 aromatic heterocycles. The second kappa shape index (κ2) is 6.46. The van der Waals surface area contributed by atoms with Gasteiger partial charge in [0.05, 0.1) is 21.8 Å². The normalized spacial score (nSPS) is 16.5. The third kappa shape index (κ3) is 3.00. The van der Waals surface area contributed by atoms with Crippen LogP contribution in [0, 0.1) is 17.1 Å². The molecule has 0 amide bonds. The Hall–Kier alpha value is -2.72. The van der Waals surface area contributed by atoms with E-state index in [1.807, 2.05) is 6.07 Å². The zero-order valence-corrected chi connectivity index (χ0v) is 15.2. The lowest BCUT2D eigenvalue weighted by Gasteiger charge is -2.26. The molecule has 0 aliphatic heterocycles. The molecule has 138 valence electrons. The Bertz CT molecular complexity index is 1100. The second-order valence-electron chi connectivity index (χ2n) is 6.83. The van der Waals surface area contributed by atoms with E-state index >= 15 is 0 Å². The van der Waals surface area contributed by atoms with Gasteiger partial charge in [0.2, 0.25) is 0 Å². The minimum absolute atomic E-state index is 0.0778. The highest BCUT2D eigenvalue weighted by Gasteiger charge is 2.38. The summed E-state index contributed by atoms with van der Waals surface area (Å²) in [5.41, 5.74) is 0.849. The molecule has 27 heavy (non-hydrogen) atoms. The van der Waals surface area contributed by atoms with Gasteiger partial charge < -0.3 is 4.74 Å². The van der Waals surface area contributed by atoms with Gasteiger partial charge in [-0.1, -0.05) is 6.42 Å². The van der Waals surface area contributed by atoms with Crippen LogP contribution in [0.5, 0.6) is 11.5 Å². The number of carbonyl (C=O) groups excluding carboxylic acids is 1. The number of halogens is 1. The number of rotatable bonds is 4. The molecule has 2 aromatic rings. The lowest BCUT2D eigenvalue weighted by molar-refractivity contribution is 0.0991. The van der Waals surface area contributed by atoms with Crippen molar-refractivity contribution in [3.05, 3.63) is 52.8 Å². The number of fused-ring (bicyclic) bond motifs is 1. The van der Waals surface area contributed by atoms with Gasteiger partial charge in [-0.15, -0.1) is 0 Å². The SMILES string of the molecule is N#Cc1cc(F)cc(Oc2ccc(S(=O)(=O)C3CCC3)c3c2CCC3=O)c1. The molecule has 1 saturated carbocycles. The minimum Gasteiger partial charge on any atom is -0.457 e. The Balaban J connectivity index is 1.78. The van der Waals surface area contributed by atoms with Gasteiger partial charge in [0, 0.05) is 23.6 Å². The van der Waals surface area contributed by atoms with Crippen LogP contribution in [0.25, 0.3) is 0 Å². The maximum atomic E-state index is 13.6. The van der Waals surface area contributed by atoms with E-state index in [1.165, 1.54) is 18.2 Å². The van der Waals surface area contributed by atoms with E-state index in [0.717, 1.165) is 18.6 Å². The van der Waals surface area contributed by atoms with Crippen molar-refractivity contribution in [3.8, 4) is 17.6 Å². The lowest BCUT2D eigenvalue weighted by atomic mass is 10.00. The molecule has 0 unspecified atom stereocenters. The zero-order valence-electron chi connectivity index (χ0n) is 14.4. The summed E-state index contributed by atoms with van der Waals surface area (Å²) in [6, 6.07) is 8.41. The third-order valence-electron chi connectivity index (χ3n) is 5.14. The first-order valence-electron chi connectivity index (χ1n) is 8.71. The molecule has 0 saturated heterocycles. The Morgan fingerprint density at radius 2 is 1.93 bits per heavy atom. The number of carbonyl (C=O) groups is 1. The summed E-state index contributed by atoms with van der Waals surface area (Å²) >= 11 is 0. The molecule has 0 N–H and O–H groups in total. The Labute approximate surface area is 156 Å². The van der Waals surface area contributed by atoms with Crippen molar-refractivity contribution < 1.29 is 22.3 Å². The van der Waals surface area contributed by atoms with Crippen LogP contribution in [0.2, 0.25) is 0 Å². The van der Waals surface area contributed by atoms with E-state index in [0.29, 0.717) is 30.6 Å². The highest BCUT2D eigenvalue weighted by molar-refractivity contribution is 7.92. The van der Waals surface area contributed by atoms with Crippen molar-refractivity contribution in [2.24, 2.45) is 0 Å². The molecule has 4 rings (SSSR count). The zero-order chi connectivity index (χ0) is 19.2. The topological polar surface area (TPSA) is 84.2 Å². The summed E-state index contributed by atoms with van der Waals surface area (Å²) < 4.78 is 45.0. The van der Waals surface area contributed by atoms with Crippen LogP contribution < -0.4 is 4.74 Å². The van der Waals surface area contributed by atoms with Crippen LogP contribution in [0.1, 0.15) is 47.2 Å². The van der Waals surface area contributed by atoms with E-state index < -0.39 is 20.9 Å². The number of nitriles is 1. The first-order valence-corrected chi connectivity index (χ1v) is 10.3. The molecule has 2 aromatic carbocycles. The van der Waals surface area contributed by atoms with Crippen molar-refractivity contribution in [3.63, 3.8) is 0 Å². The molecule has 5 nitrogen and oxygen atoms in total. The van der Waals surface area contributed by atoms with E-state index in [2.05, 4.69) is 0 Å². The van der Waals surface area contributed by atoms with E-state index in [-0.39, 0.29) is 34.0 Å². The molecule has 0 spiro atoms. The van der Waals surface area contributed by atoms with Crippen LogP contribution in [-0.2, 0) is 16.3 Å². The minimum atomic E-state index is -3.55. The number of hydrogen-bond donors (Lipinski definition) is 0. The van der Waals surface area contributed by atoms with Gasteiger partial charge in [-0.2, -0.15) is 5.26 Å². The second-order valence-corrected chi connectivity index (χ2v) is 9.02. The van der Waals surface area contributed by atoms with Crippen LogP contribution in [0.3, 0.4) is 0 Å². The smallest absolute Gasteiger partial charge is 0.181 e. The van der Waals surface area contributed by atoms with E-state index in [4.69, 9.17) is 10.00 Å². The molecular formula is C20H16FNO4S. The van der Waals surface area contributed by atoms with Crippen molar-refractivity contribution in [2.75, 3.05) is 0 Å². The van der Waals surface area contributed by atoms with Crippen LogP contribution in [0.4, 0.5) is 4.39 Å². The van der Waals surface area contributed by atoms with Crippen LogP contribution in [-0.4, -0.2) is 19.5 Å². The summed E-state index contributed by atoms with van der Waals surface area (Å²) in [7, 11) is -3.55. The predicted octanol–water partition coefficient (Wildman–Crippen LogP) is 3.94. The first kappa shape index (κ1) is 17.7. The number of ketones is 1. The fourth-order valence-corrected chi connectivity index (χ4v) is 5.62. The monoisotopic (exact) mass is 385 g/mol.